The predicted octanol–water partition coefficient (Wildman–Crippen LogP) is 3.78. The lowest BCUT2D eigenvalue weighted by Crippen LogP contribution is -2.41. The first kappa shape index (κ1) is 27.9. The molecular formula is C28H31N3O7S. The van der Waals surface area contributed by atoms with E-state index in [0.29, 0.717) is 41.5 Å². The predicted molar refractivity (Wildman–Crippen MR) is 147 cm³/mol. The fraction of sp³-hybridized carbons (Fsp3) is 0.286. The summed E-state index contributed by atoms with van der Waals surface area (Å²) in [6, 6.07) is 18.0. The van der Waals surface area contributed by atoms with Gasteiger partial charge in [0, 0.05) is 24.3 Å². The van der Waals surface area contributed by atoms with Gasteiger partial charge in [0.05, 0.1) is 24.2 Å². The van der Waals surface area contributed by atoms with E-state index in [1.54, 1.807) is 68.3 Å². The molecule has 4 rings (SSSR count). The maximum atomic E-state index is 12.9. The van der Waals surface area contributed by atoms with Crippen molar-refractivity contribution < 1.29 is 32.2 Å². The van der Waals surface area contributed by atoms with Gasteiger partial charge in [0.15, 0.2) is 6.61 Å². The number of ether oxygens (including phenoxy) is 3. The van der Waals surface area contributed by atoms with Crippen LogP contribution >= 0.6 is 0 Å². The SMILES string of the molecule is CCN(CC)S(=O)(=O)c1ccc(C(=O)Nc2ccc3c(c2)N(CCOc2ccc(OC)cc2)C(=O)CO3)cc1. The lowest BCUT2D eigenvalue weighted by Gasteiger charge is -2.29. The van der Waals surface area contributed by atoms with E-state index in [0.717, 1.165) is 5.75 Å². The highest BCUT2D eigenvalue weighted by molar-refractivity contribution is 7.89. The molecule has 0 saturated heterocycles. The molecule has 1 aliphatic heterocycles. The van der Waals surface area contributed by atoms with Gasteiger partial charge >= 0.3 is 0 Å². The van der Waals surface area contributed by atoms with E-state index in [1.807, 2.05) is 0 Å². The molecule has 0 unspecified atom stereocenters. The molecule has 3 aromatic rings. The number of hydrogen-bond acceptors (Lipinski definition) is 7. The Hall–Kier alpha value is -4.09. The second kappa shape index (κ2) is 12.2. The van der Waals surface area contributed by atoms with Crippen molar-refractivity contribution in [2.75, 3.05) is 50.2 Å². The first-order valence-electron chi connectivity index (χ1n) is 12.5. The highest BCUT2D eigenvalue weighted by atomic mass is 32.2. The van der Waals surface area contributed by atoms with Crippen molar-refractivity contribution >= 4 is 33.2 Å². The van der Waals surface area contributed by atoms with Crippen molar-refractivity contribution in [1.29, 1.82) is 0 Å². The van der Waals surface area contributed by atoms with Gasteiger partial charge in [-0.2, -0.15) is 4.31 Å². The summed E-state index contributed by atoms with van der Waals surface area (Å²) in [6.45, 7) is 4.69. The van der Waals surface area contributed by atoms with Gasteiger partial charge < -0.3 is 24.4 Å². The number of sulfonamides is 1. The number of methoxy groups -OCH3 is 1. The number of benzene rings is 3. The van der Waals surface area contributed by atoms with Gasteiger partial charge in [-0.05, 0) is 66.7 Å². The lowest BCUT2D eigenvalue weighted by molar-refractivity contribution is -0.121. The maximum absolute atomic E-state index is 12.9. The highest BCUT2D eigenvalue weighted by Crippen LogP contribution is 2.34. The summed E-state index contributed by atoms with van der Waals surface area (Å²) < 4.78 is 43.3. The average Bonchev–Trinajstić information content (AvgIpc) is 2.95. The second-order valence-corrected chi connectivity index (χ2v) is 10.5. The molecule has 0 radical (unpaired) electrons. The third-order valence-corrected chi connectivity index (χ3v) is 8.33. The molecule has 0 spiro atoms. The largest absolute Gasteiger partial charge is 0.497 e. The van der Waals surface area contributed by atoms with Crippen molar-refractivity contribution in [2.45, 2.75) is 18.7 Å². The molecule has 0 aromatic heterocycles. The van der Waals surface area contributed by atoms with Gasteiger partial charge in [-0.15, -0.1) is 0 Å². The van der Waals surface area contributed by atoms with Crippen molar-refractivity contribution in [1.82, 2.24) is 4.31 Å². The van der Waals surface area contributed by atoms with Crippen molar-refractivity contribution in [3.63, 3.8) is 0 Å². The zero-order valence-corrected chi connectivity index (χ0v) is 22.9. The third-order valence-electron chi connectivity index (χ3n) is 6.26. The van der Waals surface area contributed by atoms with E-state index in [1.165, 1.54) is 28.6 Å². The topological polar surface area (TPSA) is 114 Å². The summed E-state index contributed by atoms with van der Waals surface area (Å²) >= 11 is 0. The quantitative estimate of drug-likeness (QED) is 0.384. The molecule has 11 heteroatoms. The number of hydrogen-bond donors (Lipinski definition) is 1. The standard InChI is InChI=1S/C28H31N3O7S/c1-4-30(5-2)39(34,35)24-13-6-20(7-14-24)28(33)29-21-8-15-26-25(18-21)31(27(32)19-38-26)16-17-37-23-11-9-22(36-3)10-12-23/h6-15,18H,4-5,16-17,19H2,1-3H3,(H,29,33). The molecule has 0 atom stereocenters. The fourth-order valence-corrected chi connectivity index (χ4v) is 5.60. The number of carbonyl (C=O) groups excluding carboxylic acids is 2. The van der Waals surface area contributed by atoms with Crippen LogP contribution in [0, 0.1) is 0 Å². The van der Waals surface area contributed by atoms with Crippen LogP contribution in [-0.2, 0) is 14.8 Å². The van der Waals surface area contributed by atoms with E-state index in [4.69, 9.17) is 14.2 Å². The maximum Gasteiger partial charge on any atom is 0.265 e. The first-order chi connectivity index (χ1) is 18.8. The molecule has 206 valence electrons. The Labute approximate surface area is 228 Å². The van der Waals surface area contributed by atoms with Crippen molar-refractivity contribution in [3.8, 4) is 17.2 Å². The first-order valence-corrected chi connectivity index (χ1v) is 14.0. The minimum atomic E-state index is -3.62. The molecule has 0 saturated carbocycles. The van der Waals surface area contributed by atoms with Crippen LogP contribution in [0.25, 0.3) is 0 Å². The minimum Gasteiger partial charge on any atom is -0.497 e. The van der Waals surface area contributed by atoms with Crippen LogP contribution in [-0.4, -0.2) is 64.5 Å². The van der Waals surface area contributed by atoms with Gasteiger partial charge in [-0.3, -0.25) is 9.59 Å². The van der Waals surface area contributed by atoms with Crippen LogP contribution in [0.4, 0.5) is 11.4 Å². The number of rotatable bonds is 11. The molecule has 0 bridgehead atoms. The zero-order valence-electron chi connectivity index (χ0n) is 22.0. The number of fused-ring (bicyclic) bond motifs is 1. The number of anilines is 2. The Morgan fingerprint density at radius 1 is 1.00 bits per heavy atom. The van der Waals surface area contributed by atoms with E-state index in [2.05, 4.69) is 5.32 Å². The van der Waals surface area contributed by atoms with Crippen LogP contribution in [0.1, 0.15) is 24.2 Å². The Kier molecular flexibility index (Phi) is 8.72. The van der Waals surface area contributed by atoms with Gasteiger partial charge in [0.25, 0.3) is 11.8 Å². The molecule has 0 fully saturated rings. The molecular weight excluding hydrogens is 522 g/mol. The molecule has 1 heterocycles. The molecule has 3 aromatic carbocycles. The summed E-state index contributed by atoms with van der Waals surface area (Å²) in [5, 5.41) is 2.80. The van der Waals surface area contributed by atoms with E-state index >= 15 is 0 Å². The van der Waals surface area contributed by atoms with Gasteiger partial charge in [-0.1, -0.05) is 13.8 Å². The Balaban J connectivity index is 1.44. The Bertz CT molecular complexity index is 1420. The van der Waals surface area contributed by atoms with Gasteiger partial charge in [0.1, 0.15) is 23.9 Å². The third kappa shape index (κ3) is 6.32. The van der Waals surface area contributed by atoms with Crippen LogP contribution in [0.15, 0.2) is 71.6 Å². The normalized spacial score (nSPS) is 13.0. The van der Waals surface area contributed by atoms with Gasteiger partial charge in [0.2, 0.25) is 10.0 Å². The second-order valence-electron chi connectivity index (χ2n) is 8.61. The monoisotopic (exact) mass is 553 g/mol. The number of amides is 2. The molecule has 1 aliphatic rings. The van der Waals surface area contributed by atoms with Gasteiger partial charge in [-0.25, -0.2) is 8.42 Å². The summed E-state index contributed by atoms with van der Waals surface area (Å²) in [4.78, 5) is 27.2. The van der Waals surface area contributed by atoms with E-state index < -0.39 is 15.9 Å². The highest BCUT2D eigenvalue weighted by Gasteiger charge is 2.26. The smallest absolute Gasteiger partial charge is 0.265 e. The van der Waals surface area contributed by atoms with Crippen LogP contribution in [0.3, 0.4) is 0 Å². The van der Waals surface area contributed by atoms with E-state index in [-0.39, 0.29) is 30.6 Å². The van der Waals surface area contributed by atoms with Crippen molar-refractivity contribution in [3.05, 3.63) is 72.3 Å². The van der Waals surface area contributed by atoms with Crippen LogP contribution in [0.2, 0.25) is 0 Å². The molecule has 10 nitrogen and oxygen atoms in total. The summed E-state index contributed by atoms with van der Waals surface area (Å²) in [5.41, 5.74) is 1.27. The number of carbonyl (C=O) groups is 2. The zero-order chi connectivity index (χ0) is 28.0. The van der Waals surface area contributed by atoms with Crippen LogP contribution < -0.4 is 24.4 Å². The molecule has 1 N–H and O–H groups in total. The molecule has 0 aliphatic carbocycles. The van der Waals surface area contributed by atoms with E-state index in [9.17, 15) is 18.0 Å². The fourth-order valence-electron chi connectivity index (χ4n) is 4.15. The molecule has 2 amide bonds. The minimum absolute atomic E-state index is 0.0933. The number of nitrogens with one attached hydrogen (secondary N) is 1. The molecule has 39 heavy (non-hydrogen) atoms. The summed E-state index contributed by atoms with van der Waals surface area (Å²) in [7, 11) is -2.03. The average molecular weight is 554 g/mol. The number of nitrogens with zero attached hydrogens (tertiary/aromatic N) is 2. The lowest BCUT2D eigenvalue weighted by atomic mass is 10.1. The van der Waals surface area contributed by atoms with Crippen molar-refractivity contribution in [2.24, 2.45) is 0 Å². The Morgan fingerprint density at radius 3 is 2.31 bits per heavy atom. The summed E-state index contributed by atoms with van der Waals surface area (Å²) in [5.74, 6) is 1.24. The Morgan fingerprint density at radius 2 is 1.67 bits per heavy atom. The van der Waals surface area contributed by atoms with Crippen LogP contribution in [0.5, 0.6) is 17.2 Å². The summed E-state index contributed by atoms with van der Waals surface area (Å²) in [6.07, 6.45) is 0.